The summed E-state index contributed by atoms with van der Waals surface area (Å²) >= 11 is 7.20. The molecule has 2 heterocycles. The van der Waals surface area contributed by atoms with E-state index in [-0.39, 0.29) is 16.5 Å². The lowest BCUT2D eigenvalue weighted by Crippen LogP contribution is -2.23. The summed E-state index contributed by atoms with van der Waals surface area (Å²) in [5.41, 5.74) is 0. The van der Waals surface area contributed by atoms with E-state index in [1.165, 1.54) is 47.5 Å². The molecule has 0 aliphatic carbocycles. The van der Waals surface area contributed by atoms with Gasteiger partial charge in [0.2, 0.25) is 15.0 Å². The van der Waals surface area contributed by atoms with Crippen molar-refractivity contribution in [3.63, 3.8) is 0 Å². The molecule has 8 nitrogen and oxygen atoms in total. The van der Waals surface area contributed by atoms with Crippen LogP contribution in [-0.4, -0.2) is 35.3 Å². The highest BCUT2D eigenvalue weighted by Crippen LogP contribution is 2.27. The standard InChI is InChI=1S/C11H10ClN5O3S2/c1-20-9-3-2-7(4-8(9)12)22(18,19)14-5-10-16-17-6-13-15-11(17)21-10/h2-4,6,14H,5H2,1H3. The van der Waals surface area contributed by atoms with E-state index in [9.17, 15) is 8.42 Å². The highest BCUT2D eigenvalue weighted by atomic mass is 35.5. The van der Waals surface area contributed by atoms with Gasteiger partial charge in [-0.05, 0) is 18.2 Å². The molecule has 0 saturated carbocycles. The first-order valence-corrected chi connectivity index (χ1v) is 8.66. The van der Waals surface area contributed by atoms with Gasteiger partial charge in [0.15, 0.2) is 0 Å². The number of fused-ring (bicyclic) bond motifs is 1. The number of halogens is 1. The van der Waals surface area contributed by atoms with Crippen LogP contribution in [0.2, 0.25) is 5.02 Å². The van der Waals surface area contributed by atoms with Crippen LogP contribution in [-0.2, 0) is 16.6 Å². The molecule has 0 atom stereocenters. The summed E-state index contributed by atoms with van der Waals surface area (Å²) in [6.07, 6.45) is 1.45. The molecule has 22 heavy (non-hydrogen) atoms. The smallest absolute Gasteiger partial charge is 0.241 e. The van der Waals surface area contributed by atoms with Gasteiger partial charge in [0.05, 0.1) is 23.6 Å². The molecule has 2 aromatic heterocycles. The van der Waals surface area contributed by atoms with Gasteiger partial charge in [-0.25, -0.2) is 13.1 Å². The van der Waals surface area contributed by atoms with Gasteiger partial charge in [-0.3, -0.25) is 0 Å². The molecule has 0 bridgehead atoms. The molecule has 0 spiro atoms. The second kappa shape index (κ2) is 5.80. The van der Waals surface area contributed by atoms with Gasteiger partial charge in [-0.15, -0.1) is 10.2 Å². The molecule has 11 heteroatoms. The molecule has 1 N–H and O–H groups in total. The van der Waals surface area contributed by atoms with Crippen LogP contribution >= 0.6 is 22.9 Å². The zero-order chi connectivity index (χ0) is 15.7. The van der Waals surface area contributed by atoms with Crippen molar-refractivity contribution >= 4 is 37.9 Å². The predicted octanol–water partition coefficient (Wildman–Crippen LogP) is 1.33. The number of sulfonamides is 1. The van der Waals surface area contributed by atoms with E-state index in [4.69, 9.17) is 16.3 Å². The number of methoxy groups -OCH3 is 1. The van der Waals surface area contributed by atoms with E-state index in [2.05, 4.69) is 20.0 Å². The molecule has 0 amide bonds. The summed E-state index contributed by atoms with van der Waals surface area (Å²) in [5, 5.41) is 12.5. The van der Waals surface area contributed by atoms with Gasteiger partial charge in [-0.2, -0.15) is 9.61 Å². The van der Waals surface area contributed by atoms with Crippen LogP contribution in [0.15, 0.2) is 29.4 Å². The van der Waals surface area contributed by atoms with Crippen LogP contribution in [0, 0.1) is 0 Å². The van der Waals surface area contributed by atoms with Crippen LogP contribution < -0.4 is 9.46 Å². The molecular formula is C11H10ClN5O3S2. The lowest BCUT2D eigenvalue weighted by atomic mass is 10.3. The molecular weight excluding hydrogens is 350 g/mol. The third-order valence-electron chi connectivity index (χ3n) is 2.78. The van der Waals surface area contributed by atoms with Crippen LogP contribution in [0.25, 0.3) is 4.96 Å². The summed E-state index contributed by atoms with van der Waals surface area (Å²) in [4.78, 5) is 0.656. The second-order valence-electron chi connectivity index (χ2n) is 4.17. The Labute approximate surface area is 134 Å². The van der Waals surface area contributed by atoms with Crippen LogP contribution in [0.5, 0.6) is 5.75 Å². The Balaban J connectivity index is 1.78. The quantitative estimate of drug-likeness (QED) is 0.737. The molecule has 3 aromatic rings. The first-order chi connectivity index (χ1) is 10.5. The van der Waals surface area contributed by atoms with Crippen LogP contribution in [0.3, 0.4) is 0 Å². The van der Waals surface area contributed by atoms with Crippen molar-refractivity contribution in [1.29, 1.82) is 0 Å². The van der Waals surface area contributed by atoms with Gasteiger partial charge < -0.3 is 4.74 Å². The minimum absolute atomic E-state index is 0.0556. The van der Waals surface area contributed by atoms with E-state index in [0.717, 1.165) is 0 Å². The molecule has 0 saturated heterocycles. The van der Waals surface area contributed by atoms with E-state index >= 15 is 0 Å². The number of ether oxygens (including phenoxy) is 1. The SMILES string of the molecule is COc1ccc(S(=O)(=O)NCc2nn3cnnc3s2)cc1Cl. The topological polar surface area (TPSA) is 98.5 Å². The highest BCUT2D eigenvalue weighted by Gasteiger charge is 2.17. The summed E-state index contributed by atoms with van der Waals surface area (Å²) in [7, 11) is -2.24. The maximum Gasteiger partial charge on any atom is 0.241 e. The van der Waals surface area contributed by atoms with Gasteiger partial charge >= 0.3 is 0 Å². The zero-order valence-corrected chi connectivity index (χ0v) is 13.6. The number of benzene rings is 1. The molecule has 3 rings (SSSR count). The number of hydrogen-bond donors (Lipinski definition) is 1. The average Bonchev–Trinajstić information content (AvgIpc) is 3.06. The molecule has 1 aromatic carbocycles. The molecule has 0 unspecified atom stereocenters. The fourth-order valence-electron chi connectivity index (χ4n) is 1.73. The summed E-state index contributed by atoms with van der Waals surface area (Å²) in [5.74, 6) is 0.411. The summed E-state index contributed by atoms with van der Waals surface area (Å²) in [6, 6.07) is 4.26. The van der Waals surface area contributed by atoms with Gasteiger partial charge in [0.1, 0.15) is 17.1 Å². The van der Waals surface area contributed by atoms with Crippen molar-refractivity contribution in [3.8, 4) is 5.75 Å². The largest absolute Gasteiger partial charge is 0.495 e. The van der Waals surface area contributed by atoms with Gasteiger partial charge in [0, 0.05) is 0 Å². The second-order valence-corrected chi connectivity index (χ2v) is 7.39. The van der Waals surface area contributed by atoms with Crippen LogP contribution in [0.1, 0.15) is 5.01 Å². The van der Waals surface area contributed by atoms with E-state index in [1.807, 2.05) is 0 Å². The van der Waals surface area contributed by atoms with E-state index < -0.39 is 10.0 Å². The maximum absolute atomic E-state index is 12.2. The molecule has 0 aliphatic rings. The van der Waals surface area contributed by atoms with Crippen molar-refractivity contribution in [2.45, 2.75) is 11.4 Å². The lowest BCUT2D eigenvalue weighted by molar-refractivity contribution is 0.414. The fraction of sp³-hybridized carbons (Fsp3) is 0.182. The Morgan fingerprint density at radius 2 is 2.27 bits per heavy atom. The van der Waals surface area contributed by atoms with Gasteiger partial charge in [0.25, 0.3) is 0 Å². The van der Waals surface area contributed by atoms with Crippen molar-refractivity contribution in [1.82, 2.24) is 24.5 Å². The summed E-state index contributed by atoms with van der Waals surface area (Å²) < 4.78 is 33.4. The Bertz CT molecular complexity index is 892. The highest BCUT2D eigenvalue weighted by molar-refractivity contribution is 7.89. The minimum Gasteiger partial charge on any atom is -0.495 e. The normalized spacial score (nSPS) is 11.9. The third-order valence-corrected chi connectivity index (χ3v) is 5.38. The lowest BCUT2D eigenvalue weighted by Gasteiger charge is -2.07. The van der Waals surface area contributed by atoms with Gasteiger partial charge in [-0.1, -0.05) is 22.9 Å². The van der Waals surface area contributed by atoms with E-state index in [0.29, 0.717) is 15.7 Å². The molecule has 0 fully saturated rings. The van der Waals surface area contributed by atoms with Crippen molar-refractivity contribution in [2.24, 2.45) is 0 Å². The Morgan fingerprint density at radius 3 is 2.95 bits per heavy atom. The predicted molar refractivity (Wildman–Crippen MR) is 80.7 cm³/mol. The zero-order valence-electron chi connectivity index (χ0n) is 11.2. The Hall–Kier alpha value is -1.75. The monoisotopic (exact) mass is 359 g/mol. The van der Waals surface area contributed by atoms with Crippen LogP contribution in [0.4, 0.5) is 0 Å². The molecule has 116 valence electrons. The number of nitrogens with one attached hydrogen (secondary N) is 1. The first-order valence-electron chi connectivity index (χ1n) is 5.98. The third kappa shape index (κ3) is 2.90. The molecule has 0 aliphatic heterocycles. The van der Waals surface area contributed by atoms with E-state index in [1.54, 1.807) is 0 Å². The number of nitrogens with zero attached hydrogens (tertiary/aromatic N) is 4. The number of hydrogen-bond acceptors (Lipinski definition) is 7. The maximum atomic E-state index is 12.2. The van der Waals surface area contributed by atoms with Crippen molar-refractivity contribution in [2.75, 3.05) is 7.11 Å². The average molecular weight is 360 g/mol. The van der Waals surface area contributed by atoms with Crippen molar-refractivity contribution in [3.05, 3.63) is 34.6 Å². The van der Waals surface area contributed by atoms with Crippen molar-refractivity contribution < 1.29 is 13.2 Å². The summed E-state index contributed by atoms with van der Waals surface area (Å²) in [6.45, 7) is 0.0556. The first kappa shape index (κ1) is 15.2. The minimum atomic E-state index is -3.70. The number of rotatable bonds is 5. The number of aromatic nitrogens is 4. The Kier molecular flexibility index (Phi) is 4.00. The fourth-order valence-corrected chi connectivity index (χ4v) is 3.91. The Morgan fingerprint density at radius 1 is 1.45 bits per heavy atom. The molecule has 0 radical (unpaired) electrons.